The molecule has 6 rings (SSSR count). The Morgan fingerprint density at radius 2 is 0.771 bits per heavy atom. The van der Waals surface area contributed by atoms with Gasteiger partial charge in [-0.05, 0) is 59.7 Å². The van der Waals surface area contributed by atoms with Gasteiger partial charge in [0.1, 0.15) is 20.2 Å². The van der Waals surface area contributed by atoms with E-state index in [-0.39, 0.29) is 220 Å². The number of aliphatic hydroxyl groups excluding tert-OH is 5. The SMILES string of the molecule is NCCO.O=S(=O)([O-])c1cc(Nc2nc(Nc3ccccc3)nc(N(CCO)CCO)n2)ccc1/C=C/c1ccc(Nc2nc(Nc3ccccc3)nc(N(CCO)CCO)n2)cc1S(=O)(=O)[O-].[K+].[K+]. The van der Waals surface area contributed by atoms with Crippen LogP contribution in [0.5, 0.6) is 0 Å². The van der Waals surface area contributed by atoms with Crippen molar-refractivity contribution < 1.29 is 154 Å². The molecule has 0 saturated heterocycles. The van der Waals surface area contributed by atoms with Crippen LogP contribution in [0.2, 0.25) is 0 Å². The van der Waals surface area contributed by atoms with Crippen LogP contribution in [0, 0.1) is 0 Å². The van der Waals surface area contributed by atoms with Gasteiger partial charge in [0.2, 0.25) is 35.7 Å². The van der Waals surface area contributed by atoms with E-state index in [1.54, 1.807) is 48.5 Å². The molecular formula is C42H49K2N13O11S2. The third kappa shape index (κ3) is 19.0. The minimum Gasteiger partial charge on any atom is -0.744 e. The van der Waals surface area contributed by atoms with E-state index in [1.165, 1.54) is 34.1 Å². The molecule has 28 heteroatoms. The van der Waals surface area contributed by atoms with Crippen molar-refractivity contribution in [1.82, 2.24) is 29.9 Å². The van der Waals surface area contributed by atoms with Gasteiger partial charge in [0.05, 0.1) is 42.8 Å². The number of hydrogen-bond donors (Lipinski definition) is 10. The summed E-state index contributed by atoms with van der Waals surface area (Å²) in [7, 11) is -10.3. The Balaban J connectivity index is 0.00000208. The van der Waals surface area contributed by atoms with Crippen LogP contribution in [0.4, 0.5) is 58.4 Å². The molecule has 4 aromatic carbocycles. The Morgan fingerprint density at radius 1 is 0.471 bits per heavy atom. The number of aromatic nitrogens is 6. The molecule has 0 bridgehead atoms. The standard InChI is InChI=1S/C40H44N12O10S2.C2H7NO.2K/c53-21-17-51(18-22-54)39-47-35(41-29-7-3-1-4-8-29)45-37(49-39)43-31-15-13-27(33(25-31)63(57,58)59)11-12-28-14-16-32(26-34(28)64(60,61)62)44-38-46-36(42-30-9-5-2-6-10-30)48-40(50-38)52(19-23-55)20-24-56;3-1-2-4;;/h1-16,25-26,53-56H,17-24H2,(H,57,58,59)(H,60,61,62)(H2,41,43,45,47,49)(H2,42,44,46,48,50);4H,1-3H2;;/q;;2*+1/p-2/b12-11+;;;. The summed E-state index contributed by atoms with van der Waals surface area (Å²) in [6.45, 7) is -0.414. The normalized spacial score (nSPS) is 11.1. The number of aliphatic hydroxyl groups is 5. The van der Waals surface area contributed by atoms with Crippen LogP contribution in [0.25, 0.3) is 12.2 Å². The van der Waals surface area contributed by atoms with Gasteiger partial charge in [0, 0.05) is 55.5 Å². The summed E-state index contributed by atoms with van der Waals surface area (Å²) in [5, 5.41) is 58.0. The molecule has 0 aliphatic rings. The van der Waals surface area contributed by atoms with Crippen LogP contribution >= 0.6 is 0 Å². The third-order valence-electron chi connectivity index (χ3n) is 9.00. The van der Waals surface area contributed by atoms with Gasteiger partial charge in [-0.25, -0.2) is 16.8 Å². The summed E-state index contributed by atoms with van der Waals surface area (Å²) in [5.41, 5.74) is 5.84. The van der Waals surface area contributed by atoms with Crippen molar-refractivity contribution in [3.63, 3.8) is 0 Å². The zero-order valence-corrected chi connectivity index (χ0v) is 46.0. The first-order valence-electron chi connectivity index (χ1n) is 20.5. The minimum absolute atomic E-state index is 0. The van der Waals surface area contributed by atoms with Gasteiger partial charge in [-0.3, -0.25) is 0 Å². The molecule has 2 heterocycles. The fraction of sp³-hybridized carbons (Fsp3) is 0.238. The molecule has 0 saturated carbocycles. The Labute approximate surface area is 489 Å². The van der Waals surface area contributed by atoms with Crippen LogP contribution in [-0.2, 0) is 20.2 Å². The molecule has 362 valence electrons. The Bertz CT molecular complexity index is 2630. The molecule has 6 aromatic rings. The van der Waals surface area contributed by atoms with Crippen LogP contribution in [0.15, 0.2) is 107 Å². The van der Waals surface area contributed by atoms with Crippen LogP contribution in [0.1, 0.15) is 11.1 Å². The number of para-hydroxylation sites is 2. The van der Waals surface area contributed by atoms with E-state index in [1.807, 2.05) is 12.1 Å². The zero-order valence-electron chi connectivity index (χ0n) is 38.1. The van der Waals surface area contributed by atoms with E-state index < -0.39 is 30.0 Å². The third-order valence-corrected chi connectivity index (χ3v) is 10.8. The van der Waals surface area contributed by atoms with Crippen molar-refractivity contribution in [2.24, 2.45) is 5.73 Å². The molecule has 0 unspecified atom stereocenters. The predicted octanol–water partition coefficient (Wildman–Crippen LogP) is -4.46. The molecule has 2 aromatic heterocycles. The minimum atomic E-state index is -5.17. The van der Waals surface area contributed by atoms with Crippen LogP contribution in [0.3, 0.4) is 0 Å². The topological polar surface area (TPSA) is 374 Å². The van der Waals surface area contributed by atoms with Crippen molar-refractivity contribution in [2.45, 2.75) is 9.79 Å². The number of hydrogen-bond acceptors (Lipinski definition) is 24. The molecule has 0 aliphatic heterocycles. The summed E-state index contributed by atoms with van der Waals surface area (Å²) in [5.74, 6) is 0.0621. The zero-order chi connectivity index (χ0) is 49.1. The molecule has 0 atom stereocenters. The average Bonchev–Trinajstić information content (AvgIpc) is 3.31. The Morgan fingerprint density at radius 3 is 1.04 bits per heavy atom. The van der Waals surface area contributed by atoms with Gasteiger partial charge in [-0.1, -0.05) is 60.7 Å². The smallest absolute Gasteiger partial charge is 0.744 e. The molecule has 0 spiro atoms. The predicted molar refractivity (Wildman–Crippen MR) is 252 cm³/mol. The Hall–Kier alpha value is -3.71. The quantitative estimate of drug-likeness (QED) is 0.0164. The molecule has 0 aliphatic carbocycles. The fourth-order valence-corrected chi connectivity index (χ4v) is 7.41. The van der Waals surface area contributed by atoms with Crippen LogP contribution < -0.4 is 140 Å². The van der Waals surface area contributed by atoms with Crippen molar-refractivity contribution in [3.8, 4) is 0 Å². The van der Waals surface area contributed by atoms with Gasteiger partial charge >= 0.3 is 103 Å². The summed E-state index contributed by atoms with van der Waals surface area (Å²) >= 11 is 0. The van der Waals surface area contributed by atoms with Gasteiger partial charge < -0.3 is 71.4 Å². The molecule has 0 amide bonds. The number of anilines is 10. The largest absolute Gasteiger partial charge is 1.00 e. The maximum atomic E-state index is 12.6. The summed E-state index contributed by atoms with van der Waals surface area (Å²) in [4.78, 5) is 27.9. The monoisotopic (exact) mass is 1050 g/mol. The molecule has 0 radical (unpaired) electrons. The molecule has 0 fully saturated rings. The first-order chi connectivity index (χ1) is 32.7. The van der Waals surface area contributed by atoms with E-state index in [4.69, 9.17) is 10.8 Å². The molecular weight excluding hydrogens is 1000 g/mol. The van der Waals surface area contributed by atoms with Crippen molar-refractivity contribution in [3.05, 3.63) is 108 Å². The molecule has 11 N–H and O–H groups in total. The number of nitrogens with one attached hydrogen (secondary N) is 4. The molecule has 70 heavy (non-hydrogen) atoms. The van der Waals surface area contributed by atoms with Gasteiger partial charge in [-0.15, -0.1) is 0 Å². The number of benzene rings is 4. The average molecular weight is 1050 g/mol. The van der Waals surface area contributed by atoms with E-state index in [9.17, 15) is 46.4 Å². The second-order valence-corrected chi connectivity index (χ2v) is 16.6. The fourth-order valence-electron chi connectivity index (χ4n) is 6.01. The van der Waals surface area contributed by atoms with Gasteiger partial charge in [-0.2, -0.15) is 29.9 Å². The maximum absolute atomic E-state index is 12.6. The summed E-state index contributed by atoms with van der Waals surface area (Å²) in [6, 6.07) is 25.2. The van der Waals surface area contributed by atoms with Crippen LogP contribution in [-0.4, -0.2) is 147 Å². The number of rotatable bonds is 23. The van der Waals surface area contributed by atoms with Gasteiger partial charge in [0.25, 0.3) is 0 Å². The first kappa shape index (κ1) is 60.6. The van der Waals surface area contributed by atoms with Crippen molar-refractivity contribution in [1.29, 1.82) is 0 Å². The second-order valence-electron chi connectivity index (χ2n) is 13.9. The number of nitrogens with two attached hydrogens (primary N) is 1. The second kappa shape index (κ2) is 30.4. The van der Waals surface area contributed by atoms with E-state index in [2.05, 4.69) is 51.2 Å². The summed E-state index contributed by atoms with van der Waals surface area (Å²) < 4.78 is 75.6. The summed E-state index contributed by atoms with van der Waals surface area (Å²) in [6.07, 6.45) is 2.32. The maximum Gasteiger partial charge on any atom is 1.00 e. The Kier molecular flexibility index (Phi) is 26.3. The number of nitrogens with zero attached hydrogens (tertiary/aromatic N) is 8. The van der Waals surface area contributed by atoms with Crippen molar-refractivity contribution >= 4 is 90.8 Å². The first-order valence-corrected chi connectivity index (χ1v) is 23.3. The van der Waals surface area contributed by atoms with Crippen molar-refractivity contribution in [2.75, 3.05) is 96.8 Å². The van der Waals surface area contributed by atoms with Gasteiger partial charge in [0.15, 0.2) is 0 Å². The van der Waals surface area contributed by atoms with E-state index in [0.29, 0.717) is 17.9 Å². The molecule has 24 nitrogen and oxygen atoms in total. The van der Waals surface area contributed by atoms with E-state index >= 15 is 0 Å². The van der Waals surface area contributed by atoms with E-state index in [0.717, 1.165) is 24.3 Å².